The molecule has 0 bridgehead atoms. The second-order valence-corrected chi connectivity index (χ2v) is 7.49. The van der Waals surface area contributed by atoms with Crippen LogP contribution in [-0.4, -0.2) is 25.5 Å². The zero-order valence-electron chi connectivity index (χ0n) is 16.6. The highest BCUT2D eigenvalue weighted by Crippen LogP contribution is 2.27. The van der Waals surface area contributed by atoms with Crippen molar-refractivity contribution in [3.8, 4) is 0 Å². The summed E-state index contributed by atoms with van der Waals surface area (Å²) in [4.78, 5) is 16.4. The molecule has 1 aliphatic rings. The van der Waals surface area contributed by atoms with E-state index in [1.165, 1.54) is 5.56 Å². The van der Waals surface area contributed by atoms with Crippen molar-refractivity contribution in [3.63, 3.8) is 0 Å². The number of halogens is 2. The van der Waals surface area contributed by atoms with Gasteiger partial charge >= 0.3 is 0 Å². The van der Waals surface area contributed by atoms with E-state index in [4.69, 9.17) is 11.6 Å². The van der Waals surface area contributed by atoms with Crippen molar-refractivity contribution in [1.82, 2.24) is 10.6 Å². The lowest BCUT2D eigenvalue weighted by Gasteiger charge is -2.24. The van der Waals surface area contributed by atoms with Gasteiger partial charge in [-0.15, -0.1) is 24.0 Å². The minimum atomic E-state index is 0. The monoisotopic (exact) mass is 526 g/mol. The number of nitrogens with one attached hydrogen (secondary N) is 3. The summed E-state index contributed by atoms with van der Waals surface area (Å²) < 4.78 is 0. The van der Waals surface area contributed by atoms with Crippen LogP contribution in [0.4, 0.5) is 5.69 Å². The summed E-state index contributed by atoms with van der Waals surface area (Å²) >= 11 is 6.02. The molecule has 1 saturated carbocycles. The predicted octanol–water partition coefficient (Wildman–Crippen LogP) is 4.60. The Hall–Kier alpha value is -1.80. The average molecular weight is 527 g/mol. The molecule has 29 heavy (non-hydrogen) atoms. The summed E-state index contributed by atoms with van der Waals surface area (Å²) in [6.07, 6.45) is 4.03. The van der Waals surface area contributed by atoms with Crippen molar-refractivity contribution in [3.05, 3.63) is 64.7 Å². The summed E-state index contributed by atoms with van der Waals surface area (Å²) in [5.74, 6) is 1.06. The second-order valence-electron chi connectivity index (χ2n) is 7.05. The van der Waals surface area contributed by atoms with Crippen LogP contribution in [0.25, 0.3) is 0 Å². The highest BCUT2D eigenvalue weighted by molar-refractivity contribution is 14.0. The zero-order valence-corrected chi connectivity index (χ0v) is 19.7. The molecule has 0 heterocycles. The molecule has 0 saturated heterocycles. The second kappa shape index (κ2) is 12.0. The fraction of sp³-hybridized carbons (Fsp3) is 0.364. The van der Waals surface area contributed by atoms with E-state index in [9.17, 15) is 4.79 Å². The van der Waals surface area contributed by atoms with Crippen LogP contribution in [0.3, 0.4) is 0 Å². The first-order valence-electron chi connectivity index (χ1n) is 9.73. The first-order valence-corrected chi connectivity index (χ1v) is 10.1. The Labute approximate surface area is 194 Å². The summed E-state index contributed by atoms with van der Waals surface area (Å²) in [6.45, 7) is 1.39. The van der Waals surface area contributed by atoms with Crippen LogP contribution in [0.1, 0.15) is 30.4 Å². The van der Waals surface area contributed by atoms with Gasteiger partial charge in [-0.05, 0) is 54.7 Å². The Morgan fingerprint density at radius 2 is 1.86 bits per heavy atom. The smallest absolute Gasteiger partial charge is 0.227 e. The molecule has 0 aromatic heterocycles. The maximum absolute atomic E-state index is 12.1. The molecule has 0 unspecified atom stereocenters. The van der Waals surface area contributed by atoms with Crippen molar-refractivity contribution in [2.75, 3.05) is 18.9 Å². The van der Waals surface area contributed by atoms with Gasteiger partial charge in [-0.2, -0.15) is 0 Å². The number of aliphatic imine (C=N–C) groups is 1. The van der Waals surface area contributed by atoms with E-state index in [0.717, 1.165) is 54.5 Å². The number of amides is 1. The van der Waals surface area contributed by atoms with Gasteiger partial charge in [0.25, 0.3) is 0 Å². The van der Waals surface area contributed by atoms with Crippen molar-refractivity contribution >= 4 is 53.1 Å². The van der Waals surface area contributed by atoms with Crippen LogP contribution in [-0.2, 0) is 17.8 Å². The molecule has 0 aliphatic heterocycles. The zero-order chi connectivity index (χ0) is 19.8. The van der Waals surface area contributed by atoms with Crippen LogP contribution in [0.2, 0.25) is 5.02 Å². The van der Waals surface area contributed by atoms with Crippen molar-refractivity contribution in [2.45, 2.75) is 32.2 Å². The maximum Gasteiger partial charge on any atom is 0.227 e. The van der Waals surface area contributed by atoms with E-state index in [-0.39, 0.29) is 35.8 Å². The van der Waals surface area contributed by atoms with E-state index in [2.05, 4.69) is 27.0 Å². The third-order valence-corrected chi connectivity index (χ3v) is 5.18. The lowest BCUT2D eigenvalue weighted by molar-refractivity contribution is -0.122. The van der Waals surface area contributed by atoms with Crippen molar-refractivity contribution in [2.24, 2.45) is 10.9 Å². The van der Waals surface area contributed by atoms with Crippen LogP contribution in [0, 0.1) is 5.92 Å². The number of hydrogen-bond donors (Lipinski definition) is 3. The molecule has 1 aliphatic carbocycles. The van der Waals surface area contributed by atoms with Crippen LogP contribution in [0.5, 0.6) is 0 Å². The number of anilines is 1. The molecule has 3 rings (SSSR count). The molecule has 1 fully saturated rings. The molecular formula is C22H28ClIN4O. The van der Waals surface area contributed by atoms with E-state index in [0.29, 0.717) is 6.54 Å². The number of benzene rings is 2. The molecule has 5 nitrogen and oxygen atoms in total. The molecule has 7 heteroatoms. The number of carbonyl (C=O) groups is 1. The molecule has 2 aromatic rings. The first-order chi connectivity index (χ1) is 13.6. The minimum absolute atomic E-state index is 0. The summed E-state index contributed by atoms with van der Waals surface area (Å²) in [5, 5.41) is 10.4. The Balaban J connectivity index is 0.00000300. The quantitative estimate of drug-likeness (QED) is 0.281. The lowest BCUT2D eigenvalue weighted by atomic mass is 9.85. The standard InChI is InChI=1S/C22H27ClN4O.HI/c1-24-22(25-12-11-16-5-2-9-19(23)13-16)26-15-17-6-3-10-20(14-17)27-21(28)18-7-4-8-18;/h2-3,5-6,9-10,13-14,18H,4,7-8,11-12,15H2,1H3,(H,27,28)(H2,24,25,26);1H. The Morgan fingerprint density at radius 3 is 2.55 bits per heavy atom. The van der Waals surface area contributed by atoms with Crippen molar-refractivity contribution < 1.29 is 4.79 Å². The summed E-state index contributed by atoms with van der Waals surface area (Å²) in [7, 11) is 1.75. The molecule has 1 amide bonds. The van der Waals surface area contributed by atoms with E-state index in [1.54, 1.807) is 7.05 Å². The van der Waals surface area contributed by atoms with Crippen LogP contribution >= 0.6 is 35.6 Å². The van der Waals surface area contributed by atoms with Gasteiger partial charge in [0, 0.05) is 36.8 Å². The normalized spacial score (nSPS) is 13.8. The number of hydrogen-bond acceptors (Lipinski definition) is 2. The minimum Gasteiger partial charge on any atom is -0.356 e. The van der Waals surface area contributed by atoms with Gasteiger partial charge in [0.15, 0.2) is 5.96 Å². The molecule has 0 spiro atoms. The molecule has 3 N–H and O–H groups in total. The van der Waals surface area contributed by atoms with Crippen molar-refractivity contribution in [1.29, 1.82) is 0 Å². The van der Waals surface area contributed by atoms with E-state index in [1.807, 2.05) is 42.5 Å². The van der Waals surface area contributed by atoms with Gasteiger partial charge in [-0.3, -0.25) is 9.79 Å². The van der Waals surface area contributed by atoms with E-state index >= 15 is 0 Å². The van der Waals surface area contributed by atoms with Crippen LogP contribution in [0.15, 0.2) is 53.5 Å². The fourth-order valence-electron chi connectivity index (χ4n) is 3.10. The Morgan fingerprint density at radius 1 is 1.10 bits per heavy atom. The molecule has 2 aromatic carbocycles. The van der Waals surface area contributed by atoms with Gasteiger partial charge in [-0.1, -0.05) is 42.3 Å². The molecule has 0 atom stereocenters. The Bertz CT molecular complexity index is 839. The lowest BCUT2D eigenvalue weighted by Crippen LogP contribution is -2.37. The number of nitrogens with zero attached hydrogens (tertiary/aromatic N) is 1. The van der Waals surface area contributed by atoms with Gasteiger partial charge in [0.2, 0.25) is 5.91 Å². The maximum atomic E-state index is 12.1. The number of rotatable bonds is 7. The largest absolute Gasteiger partial charge is 0.356 e. The van der Waals surface area contributed by atoms with E-state index < -0.39 is 0 Å². The molecule has 0 radical (unpaired) electrons. The molecular weight excluding hydrogens is 499 g/mol. The number of guanidine groups is 1. The van der Waals surface area contributed by atoms with Gasteiger partial charge in [0.05, 0.1) is 0 Å². The predicted molar refractivity (Wildman–Crippen MR) is 131 cm³/mol. The van der Waals surface area contributed by atoms with Gasteiger partial charge in [-0.25, -0.2) is 0 Å². The Kier molecular flexibility index (Phi) is 9.73. The SMILES string of the molecule is CN=C(NCCc1cccc(Cl)c1)NCc1cccc(NC(=O)C2CCC2)c1.I. The highest BCUT2D eigenvalue weighted by Gasteiger charge is 2.25. The summed E-state index contributed by atoms with van der Waals surface area (Å²) in [6, 6.07) is 15.8. The van der Waals surface area contributed by atoms with Gasteiger partial charge in [0.1, 0.15) is 0 Å². The average Bonchev–Trinajstić information content (AvgIpc) is 2.63. The molecule has 156 valence electrons. The summed E-state index contributed by atoms with van der Waals surface area (Å²) in [5.41, 5.74) is 3.12. The topological polar surface area (TPSA) is 65.5 Å². The van der Waals surface area contributed by atoms with Crippen LogP contribution < -0.4 is 16.0 Å². The fourth-order valence-corrected chi connectivity index (χ4v) is 3.31. The third-order valence-electron chi connectivity index (χ3n) is 4.95. The third kappa shape index (κ3) is 7.51. The number of carbonyl (C=O) groups excluding carboxylic acids is 1. The highest BCUT2D eigenvalue weighted by atomic mass is 127. The first kappa shape index (κ1) is 23.5. The van der Waals surface area contributed by atoms with Gasteiger partial charge < -0.3 is 16.0 Å².